The Balaban J connectivity index is 1.92. The van der Waals surface area contributed by atoms with Gasteiger partial charge in [-0.25, -0.2) is 9.59 Å². The average molecular weight is 299 g/mol. The zero-order chi connectivity index (χ0) is 15.9. The van der Waals surface area contributed by atoms with E-state index in [1.165, 1.54) is 0 Å². The van der Waals surface area contributed by atoms with E-state index < -0.39 is 24.1 Å². The highest BCUT2D eigenvalue weighted by molar-refractivity contribution is 5.90. The molecular formula is C17H17NO4. The van der Waals surface area contributed by atoms with Crippen molar-refractivity contribution < 1.29 is 19.4 Å². The Hall–Kier alpha value is -2.50. The first-order chi connectivity index (χ1) is 10.6. The highest BCUT2D eigenvalue weighted by Crippen LogP contribution is 2.14. The van der Waals surface area contributed by atoms with Gasteiger partial charge in [0.25, 0.3) is 0 Å². The lowest BCUT2D eigenvalue weighted by molar-refractivity contribution is -0.167. The van der Waals surface area contributed by atoms with Crippen molar-refractivity contribution in [3.05, 3.63) is 71.8 Å². The summed E-state index contributed by atoms with van der Waals surface area (Å²) >= 11 is 0. The molecule has 114 valence electrons. The van der Waals surface area contributed by atoms with E-state index in [0.29, 0.717) is 5.56 Å². The average Bonchev–Trinajstić information content (AvgIpc) is 2.55. The fourth-order valence-electron chi connectivity index (χ4n) is 1.95. The number of aliphatic hydroxyl groups is 1. The number of ether oxygens (including phenoxy) is 1. The molecule has 5 heteroatoms. The van der Waals surface area contributed by atoms with Crippen LogP contribution in [-0.2, 0) is 20.7 Å². The van der Waals surface area contributed by atoms with E-state index in [9.17, 15) is 14.7 Å². The van der Waals surface area contributed by atoms with Crippen LogP contribution in [0.5, 0.6) is 0 Å². The lowest BCUT2D eigenvalue weighted by atomic mass is 10.1. The van der Waals surface area contributed by atoms with Crippen molar-refractivity contribution in [2.45, 2.75) is 18.6 Å². The van der Waals surface area contributed by atoms with Gasteiger partial charge < -0.3 is 15.6 Å². The van der Waals surface area contributed by atoms with Crippen LogP contribution in [0.1, 0.15) is 17.2 Å². The maximum absolute atomic E-state index is 11.8. The van der Waals surface area contributed by atoms with Gasteiger partial charge in [0.05, 0.1) is 0 Å². The third-order valence-corrected chi connectivity index (χ3v) is 3.14. The van der Waals surface area contributed by atoms with Gasteiger partial charge in [0, 0.05) is 0 Å². The smallest absolute Gasteiger partial charge is 0.347 e. The van der Waals surface area contributed by atoms with E-state index in [1.807, 2.05) is 30.3 Å². The van der Waals surface area contributed by atoms with Crippen LogP contribution in [0.15, 0.2) is 60.7 Å². The van der Waals surface area contributed by atoms with Crippen molar-refractivity contribution in [1.82, 2.24) is 0 Å². The van der Waals surface area contributed by atoms with Gasteiger partial charge in [0.1, 0.15) is 6.04 Å². The number of aliphatic hydroxyl groups excluding tert-OH is 1. The molecule has 2 rings (SSSR count). The van der Waals surface area contributed by atoms with Crippen LogP contribution in [0.2, 0.25) is 0 Å². The first-order valence-corrected chi connectivity index (χ1v) is 6.86. The number of benzene rings is 2. The predicted molar refractivity (Wildman–Crippen MR) is 80.6 cm³/mol. The molecule has 2 aromatic carbocycles. The molecule has 5 nitrogen and oxygen atoms in total. The Bertz CT molecular complexity index is 628. The predicted octanol–water partition coefficient (Wildman–Crippen LogP) is 1.36. The molecule has 0 saturated heterocycles. The highest BCUT2D eigenvalue weighted by Gasteiger charge is 2.25. The van der Waals surface area contributed by atoms with Crippen molar-refractivity contribution in [3.8, 4) is 0 Å². The van der Waals surface area contributed by atoms with Gasteiger partial charge in [-0.15, -0.1) is 0 Å². The van der Waals surface area contributed by atoms with E-state index in [0.717, 1.165) is 5.56 Å². The second-order valence-electron chi connectivity index (χ2n) is 4.85. The summed E-state index contributed by atoms with van der Waals surface area (Å²) in [6, 6.07) is 16.4. The van der Waals surface area contributed by atoms with E-state index in [2.05, 4.69) is 4.74 Å². The summed E-state index contributed by atoms with van der Waals surface area (Å²) in [5.74, 6) is -1.89. The summed E-state index contributed by atoms with van der Waals surface area (Å²) in [5.41, 5.74) is 6.95. The number of hydrogen-bond acceptors (Lipinski definition) is 5. The minimum atomic E-state index is -1.51. The summed E-state index contributed by atoms with van der Waals surface area (Å²) in [6.45, 7) is 0. The topological polar surface area (TPSA) is 89.6 Å². The van der Waals surface area contributed by atoms with Gasteiger partial charge in [-0.3, -0.25) is 0 Å². The molecule has 0 amide bonds. The van der Waals surface area contributed by atoms with Crippen LogP contribution >= 0.6 is 0 Å². The summed E-state index contributed by atoms with van der Waals surface area (Å²) < 4.78 is 4.65. The van der Waals surface area contributed by atoms with Gasteiger partial charge in [-0.05, 0) is 17.5 Å². The molecule has 0 aliphatic carbocycles. The normalized spacial score (nSPS) is 13.2. The molecule has 0 fully saturated rings. The fourth-order valence-corrected chi connectivity index (χ4v) is 1.95. The molecule has 22 heavy (non-hydrogen) atoms. The maximum atomic E-state index is 11.8. The molecule has 2 atom stereocenters. The Kier molecular flexibility index (Phi) is 5.41. The zero-order valence-electron chi connectivity index (χ0n) is 11.9. The SMILES string of the molecule is N[C@H](Cc1ccccc1)C(=O)OC(=O)[C@@H](O)c1ccccc1. The Morgan fingerprint density at radius 1 is 0.955 bits per heavy atom. The lowest BCUT2D eigenvalue weighted by Gasteiger charge is -2.13. The van der Waals surface area contributed by atoms with Crippen LogP contribution < -0.4 is 5.73 Å². The van der Waals surface area contributed by atoms with Crippen LogP contribution in [-0.4, -0.2) is 23.1 Å². The van der Waals surface area contributed by atoms with Crippen molar-refractivity contribution in [2.24, 2.45) is 5.73 Å². The summed E-state index contributed by atoms with van der Waals surface area (Å²) in [6.07, 6.45) is -1.25. The molecule has 0 radical (unpaired) electrons. The van der Waals surface area contributed by atoms with Gasteiger partial charge in [0.2, 0.25) is 0 Å². The minimum Gasteiger partial charge on any atom is -0.390 e. The highest BCUT2D eigenvalue weighted by atomic mass is 16.6. The van der Waals surface area contributed by atoms with Crippen molar-refractivity contribution in [1.29, 1.82) is 0 Å². The molecule has 0 saturated carbocycles. The van der Waals surface area contributed by atoms with Crippen molar-refractivity contribution in [3.63, 3.8) is 0 Å². The van der Waals surface area contributed by atoms with Crippen molar-refractivity contribution in [2.75, 3.05) is 0 Å². The summed E-state index contributed by atoms with van der Waals surface area (Å²) in [4.78, 5) is 23.6. The number of hydrogen-bond donors (Lipinski definition) is 2. The zero-order valence-corrected chi connectivity index (χ0v) is 11.9. The first kappa shape index (κ1) is 15.9. The molecule has 2 aromatic rings. The van der Waals surface area contributed by atoms with Gasteiger partial charge in [-0.1, -0.05) is 60.7 Å². The second-order valence-corrected chi connectivity index (χ2v) is 4.85. The summed E-state index contributed by atoms with van der Waals surface area (Å²) in [5, 5.41) is 9.84. The molecular weight excluding hydrogens is 282 g/mol. The van der Waals surface area contributed by atoms with Crippen LogP contribution in [0.3, 0.4) is 0 Å². The molecule has 0 aliphatic heterocycles. The Labute approximate surface area is 128 Å². The van der Waals surface area contributed by atoms with Gasteiger partial charge in [0.15, 0.2) is 6.10 Å². The van der Waals surface area contributed by atoms with Crippen molar-refractivity contribution >= 4 is 11.9 Å². The standard InChI is InChI=1S/C17H17NO4/c18-14(11-12-7-3-1-4-8-12)16(20)22-17(21)15(19)13-9-5-2-6-10-13/h1-10,14-15,19H,11,18H2/t14-,15+/m1/s1. The van der Waals surface area contributed by atoms with E-state index in [4.69, 9.17) is 5.73 Å². The molecule has 0 heterocycles. The summed E-state index contributed by atoms with van der Waals surface area (Å²) in [7, 11) is 0. The molecule has 0 aliphatic rings. The van der Waals surface area contributed by atoms with Gasteiger partial charge in [-0.2, -0.15) is 0 Å². The Morgan fingerprint density at radius 3 is 2.09 bits per heavy atom. The molecule has 0 unspecified atom stereocenters. The molecule has 0 aromatic heterocycles. The molecule has 3 N–H and O–H groups in total. The fraction of sp³-hybridized carbons (Fsp3) is 0.176. The van der Waals surface area contributed by atoms with E-state index in [-0.39, 0.29) is 6.42 Å². The number of nitrogens with two attached hydrogens (primary N) is 1. The third kappa shape index (κ3) is 4.25. The number of esters is 2. The van der Waals surface area contributed by atoms with Gasteiger partial charge >= 0.3 is 11.9 Å². The maximum Gasteiger partial charge on any atom is 0.347 e. The monoisotopic (exact) mass is 299 g/mol. The van der Waals surface area contributed by atoms with Crippen LogP contribution in [0.25, 0.3) is 0 Å². The van der Waals surface area contributed by atoms with Crippen LogP contribution in [0, 0.1) is 0 Å². The molecule has 0 bridgehead atoms. The largest absolute Gasteiger partial charge is 0.390 e. The lowest BCUT2D eigenvalue weighted by Crippen LogP contribution is -2.36. The van der Waals surface area contributed by atoms with E-state index in [1.54, 1.807) is 30.3 Å². The minimum absolute atomic E-state index is 0.258. The first-order valence-electron chi connectivity index (χ1n) is 6.86. The number of rotatable bonds is 5. The Morgan fingerprint density at radius 2 is 1.50 bits per heavy atom. The quantitative estimate of drug-likeness (QED) is 0.642. The number of carbonyl (C=O) groups is 2. The van der Waals surface area contributed by atoms with Crippen LogP contribution in [0.4, 0.5) is 0 Å². The molecule has 0 spiro atoms. The van der Waals surface area contributed by atoms with E-state index >= 15 is 0 Å². The second kappa shape index (κ2) is 7.49. The number of carbonyl (C=O) groups excluding carboxylic acids is 2. The third-order valence-electron chi connectivity index (χ3n) is 3.14.